The lowest BCUT2D eigenvalue weighted by atomic mass is 9.85. The number of carbonyl (C=O) groups is 1. The van der Waals surface area contributed by atoms with Crippen LogP contribution in [0.2, 0.25) is 0 Å². The predicted molar refractivity (Wildman–Crippen MR) is 71.8 cm³/mol. The zero-order valence-corrected chi connectivity index (χ0v) is 11.2. The first-order chi connectivity index (χ1) is 9.31. The minimum Gasteiger partial charge on any atom is -0.376 e. The quantitative estimate of drug-likeness (QED) is 0.906. The Morgan fingerprint density at radius 3 is 2.95 bits per heavy atom. The van der Waals surface area contributed by atoms with Crippen LogP contribution < -0.4 is 5.32 Å². The van der Waals surface area contributed by atoms with E-state index in [2.05, 4.69) is 10.4 Å². The molecule has 1 atom stereocenters. The molecule has 1 aromatic rings. The Labute approximate surface area is 113 Å². The van der Waals surface area contributed by atoms with Crippen molar-refractivity contribution in [1.29, 1.82) is 0 Å². The maximum atomic E-state index is 11.8. The van der Waals surface area contributed by atoms with Gasteiger partial charge in [0.25, 0.3) is 0 Å². The van der Waals surface area contributed by atoms with Crippen LogP contribution in [0.5, 0.6) is 0 Å². The van der Waals surface area contributed by atoms with E-state index < -0.39 is 0 Å². The van der Waals surface area contributed by atoms with Crippen molar-refractivity contribution in [2.24, 2.45) is 5.92 Å². The molecule has 0 aromatic carbocycles. The molecule has 5 heteroatoms. The molecule has 104 valence electrons. The molecule has 1 N–H and O–H groups in total. The Bertz CT molecular complexity index is 434. The monoisotopic (exact) mass is 263 g/mol. The highest BCUT2D eigenvalue weighted by molar-refractivity contribution is 5.92. The standard InChI is InChI=1S/C14H21N3O2/c18-14(11-4-3-5-11)16-12-8-15-17(9-12)10-13-6-1-2-7-19-13/h8-9,11,13H,1-7,10H2,(H,16,18). The van der Waals surface area contributed by atoms with Crippen LogP contribution in [0.4, 0.5) is 5.69 Å². The molecular formula is C14H21N3O2. The lowest BCUT2D eigenvalue weighted by Gasteiger charge is -2.23. The van der Waals surface area contributed by atoms with Gasteiger partial charge in [0.05, 0.1) is 24.5 Å². The van der Waals surface area contributed by atoms with Gasteiger partial charge in [0, 0.05) is 18.7 Å². The van der Waals surface area contributed by atoms with E-state index in [0.717, 1.165) is 44.5 Å². The van der Waals surface area contributed by atoms with Gasteiger partial charge in [-0.1, -0.05) is 6.42 Å². The van der Waals surface area contributed by atoms with Gasteiger partial charge < -0.3 is 10.1 Å². The first kappa shape index (κ1) is 12.7. The maximum Gasteiger partial charge on any atom is 0.227 e. The van der Waals surface area contributed by atoms with Gasteiger partial charge in [0.2, 0.25) is 5.91 Å². The summed E-state index contributed by atoms with van der Waals surface area (Å²) < 4.78 is 7.56. The first-order valence-corrected chi connectivity index (χ1v) is 7.26. The van der Waals surface area contributed by atoms with E-state index in [-0.39, 0.29) is 17.9 Å². The van der Waals surface area contributed by atoms with Crippen molar-refractivity contribution in [3.8, 4) is 0 Å². The molecule has 1 amide bonds. The van der Waals surface area contributed by atoms with Gasteiger partial charge in [-0.3, -0.25) is 9.48 Å². The molecule has 1 aromatic heterocycles. The third-order valence-corrected chi connectivity index (χ3v) is 4.04. The molecule has 2 fully saturated rings. The molecule has 2 aliphatic rings. The van der Waals surface area contributed by atoms with Crippen molar-refractivity contribution in [2.75, 3.05) is 11.9 Å². The zero-order chi connectivity index (χ0) is 13.1. The van der Waals surface area contributed by atoms with Gasteiger partial charge in [-0.2, -0.15) is 5.10 Å². The van der Waals surface area contributed by atoms with Crippen molar-refractivity contribution in [1.82, 2.24) is 9.78 Å². The van der Waals surface area contributed by atoms with E-state index in [4.69, 9.17) is 4.74 Å². The number of amides is 1. The van der Waals surface area contributed by atoms with Gasteiger partial charge in [-0.15, -0.1) is 0 Å². The van der Waals surface area contributed by atoms with Crippen LogP contribution in [-0.2, 0) is 16.1 Å². The summed E-state index contributed by atoms with van der Waals surface area (Å²) in [5.41, 5.74) is 0.799. The Morgan fingerprint density at radius 1 is 1.37 bits per heavy atom. The largest absolute Gasteiger partial charge is 0.376 e. The summed E-state index contributed by atoms with van der Waals surface area (Å²) in [6.45, 7) is 1.64. The molecule has 1 saturated carbocycles. The summed E-state index contributed by atoms with van der Waals surface area (Å²) in [4.78, 5) is 11.8. The SMILES string of the molecule is O=C(Nc1cnn(CC2CCCCO2)c1)C1CCC1. The van der Waals surface area contributed by atoms with Gasteiger partial charge >= 0.3 is 0 Å². The van der Waals surface area contributed by atoms with Gasteiger partial charge in [-0.05, 0) is 32.1 Å². The van der Waals surface area contributed by atoms with Crippen LogP contribution in [0, 0.1) is 5.92 Å². The molecule has 0 radical (unpaired) electrons. The smallest absolute Gasteiger partial charge is 0.227 e. The highest BCUT2D eigenvalue weighted by atomic mass is 16.5. The fraction of sp³-hybridized carbons (Fsp3) is 0.714. The van der Waals surface area contributed by atoms with Crippen LogP contribution in [0.25, 0.3) is 0 Å². The minimum absolute atomic E-state index is 0.139. The van der Waals surface area contributed by atoms with Crippen LogP contribution in [0.15, 0.2) is 12.4 Å². The number of nitrogens with zero attached hydrogens (tertiary/aromatic N) is 2. The van der Waals surface area contributed by atoms with Crippen molar-refractivity contribution >= 4 is 11.6 Å². The number of rotatable bonds is 4. The second-order valence-electron chi connectivity index (χ2n) is 5.56. The first-order valence-electron chi connectivity index (χ1n) is 7.26. The average molecular weight is 263 g/mol. The summed E-state index contributed by atoms with van der Waals surface area (Å²) in [5, 5.41) is 7.23. The number of nitrogens with one attached hydrogen (secondary N) is 1. The van der Waals surface area contributed by atoms with E-state index >= 15 is 0 Å². The van der Waals surface area contributed by atoms with E-state index in [1.54, 1.807) is 6.20 Å². The Kier molecular flexibility index (Phi) is 3.82. The van der Waals surface area contributed by atoms with E-state index in [1.165, 1.54) is 12.8 Å². The number of anilines is 1. The molecule has 1 aliphatic carbocycles. The predicted octanol–water partition coefficient (Wildman–Crippen LogP) is 2.19. The summed E-state index contributed by atoms with van der Waals surface area (Å²) in [6.07, 6.45) is 10.6. The fourth-order valence-corrected chi connectivity index (χ4v) is 2.60. The summed E-state index contributed by atoms with van der Waals surface area (Å²) in [7, 11) is 0. The summed E-state index contributed by atoms with van der Waals surface area (Å²) >= 11 is 0. The second kappa shape index (κ2) is 5.74. The number of aromatic nitrogens is 2. The Hall–Kier alpha value is -1.36. The van der Waals surface area contributed by atoms with Crippen LogP contribution >= 0.6 is 0 Å². The lowest BCUT2D eigenvalue weighted by molar-refractivity contribution is -0.122. The molecule has 1 unspecified atom stereocenters. The van der Waals surface area contributed by atoms with Gasteiger partial charge in [0.1, 0.15) is 0 Å². The van der Waals surface area contributed by atoms with E-state index in [1.807, 2.05) is 10.9 Å². The molecule has 19 heavy (non-hydrogen) atoms. The lowest BCUT2D eigenvalue weighted by Crippen LogP contribution is -2.28. The molecule has 5 nitrogen and oxygen atoms in total. The van der Waals surface area contributed by atoms with Crippen molar-refractivity contribution in [3.05, 3.63) is 12.4 Å². The normalized spacial score (nSPS) is 23.9. The number of hydrogen-bond donors (Lipinski definition) is 1. The fourth-order valence-electron chi connectivity index (χ4n) is 2.60. The Morgan fingerprint density at radius 2 is 2.26 bits per heavy atom. The summed E-state index contributed by atoms with van der Waals surface area (Å²) in [6, 6.07) is 0. The summed E-state index contributed by atoms with van der Waals surface area (Å²) in [5.74, 6) is 0.352. The molecular weight excluding hydrogens is 242 g/mol. The second-order valence-corrected chi connectivity index (χ2v) is 5.56. The molecule has 0 bridgehead atoms. The number of hydrogen-bond acceptors (Lipinski definition) is 3. The topological polar surface area (TPSA) is 56.2 Å². The molecule has 1 aliphatic heterocycles. The Balaban J connectivity index is 1.52. The highest BCUT2D eigenvalue weighted by Crippen LogP contribution is 2.27. The third-order valence-electron chi connectivity index (χ3n) is 4.04. The molecule has 1 saturated heterocycles. The molecule has 2 heterocycles. The third kappa shape index (κ3) is 3.15. The number of ether oxygens (including phenoxy) is 1. The molecule has 3 rings (SSSR count). The van der Waals surface area contributed by atoms with Gasteiger partial charge in [0.15, 0.2) is 0 Å². The van der Waals surface area contributed by atoms with Crippen LogP contribution in [0.1, 0.15) is 38.5 Å². The number of carbonyl (C=O) groups excluding carboxylic acids is 1. The van der Waals surface area contributed by atoms with Crippen LogP contribution in [0.3, 0.4) is 0 Å². The van der Waals surface area contributed by atoms with Crippen molar-refractivity contribution < 1.29 is 9.53 Å². The maximum absolute atomic E-state index is 11.8. The minimum atomic E-state index is 0.139. The van der Waals surface area contributed by atoms with Crippen molar-refractivity contribution in [2.45, 2.75) is 51.2 Å². The zero-order valence-electron chi connectivity index (χ0n) is 11.2. The van der Waals surface area contributed by atoms with Gasteiger partial charge in [-0.25, -0.2) is 0 Å². The highest BCUT2D eigenvalue weighted by Gasteiger charge is 2.25. The molecule has 0 spiro atoms. The van der Waals surface area contributed by atoms with E-state index in [9.17, 15) is 4.79 Å². The van der Waals surface area contributed by atoms with Crippen molar-refractivity contribution in [3.63, 3.8) is 0 Å². The van der Waals surface area contributed by atoms with Crippen LogP contribution in [-0.4, -0.2) is 28.4 Å². The van der Waals surface area contributed by atoms with E-state index in [0.29, 0.717) is 0 Å². The average Bonchev–Trinajstić information content (AvgIpc) is 2.75.